The first-order valence-corrected chi connectivity index (χ1v) is 11.3. The Bertz CT molecular complexity index is 1130. The summed E-state index contributed by atoms with van der Waals surface area (Å²) >= 11 is 0. The number of hydrogen-bond donors (Lipinski definition) is 1. The van der Waals surface area contributed by atoms with E-state index in [-0.39, 0.29) is 11.8 Å². The molecule has 4 nitrogen and oxygen atoms in total. The fourth-order valence-electron chi connectivity index (χ4n) is 5.03. The Morgan fingerprint density at radius 3 is 2.00 bits per heavy atom. The monoisotopic (exact) mass is 440 g/mol. The first kappa shape index (κ1) is 21.5. The molecule has 33 heavy (non-hydrogen) atoms. The van der Waals surface area contributed by atoms with Gasteiger partial charge in [-0.1, -0.05) is 54.6 Å². The summed E-state index contributed by atoms with van der Waals surface area (Å²) in [5, 5.41) is 12.0. The molecule has 0 aromatic heterocycles. The molecule has 0 spiro atoms. The van der Waals surface area contributed by atoms with Crippen molar-refractivity contribution < 1.29 is 19.3 Å². The van der Waals surface area contributed by atoms with Crippen LogP contribution in [0.2, 0.25) is 0 Å². The molecular formula is C29H28O4. The molecule has 1 aliphatic heterocycles. The van der Waals surface area contributed by atoms with Gasteiger partial charge in [0, 0.05) is 23.0 Å². The highest BCUT2D eigenvalue weighted by Gasteiger charge is 2.58. The van der Waals surface area contributed by atoms with E-state index in [1.54, 1.807) is 14.2 Å². The van der Waals surface area contributed by atoms with E-state index in [0.29, 0.717) is 13.2 Å². The zero-order valence-corrected chi connectivity index (χ0v) is 19.0. The van der Waals surface area contributed by atoms with E-state index in [0.717, 1.165) is 45.8 Å². The molecule has 3 atom stereocenters. The van der Waals surface area contributed by atoms with Gasteiger partial charge < -0.3 is 19.3 Å². The van der Waals surface area contributed by atoms with Crippen molar-refractivity contribution in [1.29, 1.82) is 0 Å². The molecule has 1 saturated heterocycles. The lowest BCUT2D eigenvalue weighted by Crippen LogP contribution is -2.60. The molecule has 2 aliphatic rings. The van der Waals surface area contributed by atoms with Crippen molar-refractivity contribution in [3.63, 3.8) is 0 Å². The van der Waals surface area contributed by atoms with E-state index in [9.17, 15) is 5.11 Å². The number of rotatable bonds is 5. The molecule has 5 rings (SSSR count). The van der Waals surface area contributed by atoms with E-state index in [4.69, 9.17) is 14.2 Å². The fourth-order valence-corrected chi connectivity index (χ4v) is 5.03. The summed E-state index contributed by atoms with van der Waals surface area (Å²) in [7, 11) is 3.32. The van der Waals surface area contributed by atoms with Crippen molar-refractivity contribution in [3.05, 3.63) is 107 Å². The van der Waals surface area contributed by atoms with Gasteiger partial charge in [0.25, 0.3) is 0 Å². The number of aliphatic hydroxyl groups is 1. The summed E-state index contributed by atoms with van der Waals surface area (Å²) in [5.74, 6) is 1.71. The normalized spacial score (nSPS) is 23.7. The molecule has 3 aromatic carbocycles. The quantitative estimate of drug-likeness (QED) is 0.552. The van der Waals surface area contributed by atoms with Crippen LogP contribution in [0.3, 0.4) is 0 Å². The number of methoxy groups -OCH3 is 2. The lowest BCUT2D eigenvalue weighted by atomic mass is 9.55. The van der Waals surface area contributed by atoms with E-state index in [1.165, 1.54) is 0 Å². The van der Waals surface area contributed by atoms with Crippen LogP contribution in [-0.2, 0) is 4.74 Å². The molecule has 0 bridgehead atoms. The molecule has 4 heteroatoms. The summed E-state index contributed by atoms with van der Waals surface area (Å²) in [6, 6.07) is 26.1. The second-order valence-electron chi connectivity index (χ2n) is 8.67. The topological polar surface area (TPSA) is 47.9 Å². The lowest BCUT2D eigenvalue weighted by Gasteiger charge is -2.55. The Morgan fingerprint density at radius 2 is 1.45 bits per heavy atom. The van der Waals surface area contributed by atoms with Crippen molar-refractivity contribution in [2.45, 2.75) is 17.9 Å². The number of hydrogen-bond acceptors (Lipinski definition) is 4. The van der Waals surface area contributed by atoms with E-state index >= 15 is 0 Å². The summed E-state index contributed by atoms with van der Waals surface area (Å²) < 4.78 is 16.6. The van der Waals surface area contributed by atoms with Crippen molar-refractivity contribution >= 4 is 5.57 Å². The van der Waals surface area contributed by atoms with Crippen LogP contribution in [0.1, 0.15) is 29.0 Å². The first-order valence-electron chi connectivity index (χ1n) is 11.3. The van der Waals surface area contributed by atoms with Crippen LogP contribution in [0, 0.1) is 5.92 Å². The number of ether oxygens (including phenoxy) is 3. The average Bonchev–Trinajstić information content (AvgIpc) is 2.87. The van der Waals surface area contributed by atoms with Crippen molar-refractivity contribution in [1.82, 2.24) is 0 Å². The summed E-state index contributed by atoms with van der Waals surface area (Å²) in [6.07, 6.45) is 0.909. The van der Waals surface area contributed by atoms with E-state index in [1.807, 2.05) is 66.7 Å². The smallest absolute Gasteiger partial charge is 0.118 e. The van der Waals surface area contributed by atoms with Crippen molar-refractivity contribution in [3.8, 4) is 11.5 Å². The molecular weight excluding hydrogens is 412 g/mol. The molecule has 1 N–H and O–H groups in total. The van der Waals surface area contributed by atoms with Crippen LogP contribution in [-0.4, -0.2) is 38.1 Å². The van der Waals surface area contributed by atoms with Gasteiger partial charge >= 0.3 is 0 Å². The second-order valence-corrected chi connectivity index (χ2v) is 8.67. The first-order chi connectivity index (χ1) is 16.1. The Labute approximate surface area is 194 Å². The Balaban J connectivity index is 1.66. The van der Waals surface area contributed by atoms with Gasteiger partial charge in [0.05, 0.1) is 27.4 Å². The van der Waals surface area contributed by atoms with Crippen LogP contribution >= 0.6 is 0 Å². The second kappa shape index (κ2) is 8.92. The Kier molecular flexibility index (Phi) is 5.82. The highest BCUT2D eigenvalue weighted by molar-refractivity contribution is 5.80. The maximum atomic E-state index is 12.0. The van der Waals surface area contributed by atoms with Gasteiger partial charge in [-0.25, -0.2) is 0 Å². The molecule has 168 valence electrons. The van der Waals surface area contributed by atoms with Crippen molar-refractivity contribution in [2.24, 2.45) is 5.92 Å². The maximum absolute atomic E-state index is 12.0. The highest BCUT2D eigenvalue weighted by atomic mass is 16.5. The minimum absolute atomic E-state index is 0.0445. The molecule has 0 amide bonds. The average molecular weight is 441 g/mol. The largest absolute Gasteiger partial charge is 0.497 e. The molecule has 1 saturated carbocycles. The predicted octanol–water partition coefficient (Wildman–Crippen LogP) is 5.23. The van der Waals surface area contributed by atoms with Crippen LogP contribution in [0.25, 0.3) is 5.57 Å². The Morgan fingerprint density at radius 1 is 0.879 bits per heavy atom. The van der Waals surface area contributed by atoms with Crippen molar-refractivity contribution in [2.75, 3.05) is 27.4 Å². The van der Waals surface area contributed by atoms with Crippen LogP contribution < -0.4 is 9.47 Å². The maximum Gasteiger partial charge on any atom is 0.118 e. The third kappa shape index (κ3) is 3.87. The number of fused-ring (bicyclic) bond motifs is 1. The van der Waals surface area contributed by atoms with Crippen LogP contribution in [0.5, 0.6) is 11.5 Å². The summed E-state index contributed by atoms with van der Waals surface area (Å²) in [5.41, 5.74) is 7.52. The fraction of sp³-hybridized carbons (Fsp3) is 0.276. The third-order valence-corrected chi connectivity index (χ3v) is 6.96. The van der Waals surface area contributed by atoms with Crippen LogP contribution in [0.4, 0.5) is 0 Å². The predicted molar refractivity (Wildman–Crippen MR) is 129 cm³/mol. The van der Waals surface area contributed by atoms with E-state index < -0.39 is 5.60 Å². The number of benzene rings is 3. The summed E-state index contributed by atoms with van der Waals surface area (Å²) in [4.78, 5) is 0. The highest BCUT2D eigenvalue weighted by Crippen LogP contribution is 2.56. The Hall–Kier alpha value is -3.30. The molecule has 2 fully saturated rings. The SMILES string of the molecule is COc1ccc(C(=C=C2COC[C@@H]3C[C@H](c4ccccc4)[C@]23O)c2ccc(OC)cc2)cc1. The zero-order valence-electron chi connectivity index (χ0n) is 19.0. The van der Waals surface area contributed by atoms with Crippen LogP contribution in [0.15, 0.2) is 90.2 Å². The zero-order chi connectivity index (χ0) is 22.8. The standard InChI is InChI=1S/C29H28O4/c1-31-25-12-8-20(9-13-25)27(21-10-14-26(32-2)15-11-21)16-23-18-33-19-24-17-28(29(23,24)30)22-6-4-3-5-7-22/h3-15,24,28,30H,17-19H2,1-2H3/t24-,28+,29-/m0/s1. The molecule has 1 aliphatic carbocycles. The minimum atomic E-state index is -0.955. The molecule has 1 heterocycles. The van der Waals surface area contributed by atoms with Gasteiger partial charge in [-0.05, 0) is 47.4 Å². The third-order valence-electron chi connectivity index (χ3n) is 6.96. The molecule has 3 aromatic rings. The van der Waals surface area contributed by atoms with Gasteiger partial charge in [0.2, 0.25) is 0 Å². The molecule has 0 radical (unpaired) electrons. The van der Waals surface area contributed by atoms with Gasteiger partial charge in [0.15, 0.2) is 0 Å². The minimum Gasteiger partial charge on any atom is -0.497 e. The van der Waals surface area contributed by atoms with E-state index in [2.05, 4.69) is 17.9 Å². The lowest BCUT2D eigenvalue weighted by molar-refractivity contribution is -0.146. The summed E-state index contributed by atoms with van der Waals surface area (Å²) in [6.45, 7) is 0.942. The van der Waals surface area contributed by atoms with Gasteiger partial charge in [0.1, 0.15) is 17.1 Å². The van der Waals surface area contributed by atoms with Gasteiger partial charge in [-0.15, -0.1) is 5.73 Å². The van der Waals surface area contributed by atoms with Gasteiger partial charge in [-0.2, -0.15) is 0 Å². The molecule has 0 unspecified atom stereocenters. The van der Waals surface area contributed by atoms with Gasteiger partial charge in [-0.3, -0.25) is 0 Å².